The van der Waals surface area contributed by atoms with Gasteiger partial charge >= 0.3 is 5.97 Å². The molecule has 1 aromatic heterocycles. The maximum absolute atomic E-state index is 12.1. The summed E-state index contributed by atoms with van der Waals surface area (Å²) in [4.78, 5) is 24.1. The van der Waals surface area contributed by atoms with E-state index >= 15 is 0 Å². The molecule has 0 aliphatic rings. The number of primary sulfonamides is 1. The van der Waals surface area contributed by atoms with Crippen LogP contribution in [-0.4, -0.2) is 31.6 Å². The number of hydrogen-bond donors (Lipinski definition) is 2. The molecule has 3 N–H and O–H groups in total. The third kappa shape index (κ3) is 4.43. The van der Waals surface area contributed by atoms with Gasteiger partial charge in [0, 0.05) is 5.69 Å². The molecule has 25 heavy (non-hydrogen) atoms. The number of rotatable bonds is 5. The van der Waals surface area contributed by atoms with Crippen LogP contribution in [0.3, 0.4) is 0 Å². The molecule has 1 aromatic carbocycles. The number of benzene rings is 1. The molecule has 0 unspecified atom stereocenters. The molecule has 0 spiro atoms. The maximum Gasteiger partial charge on any atom is 0.344 e. The quantitative estimate of drug-likeness (QED) is 0.754. The van der Waals surface area contributed by atoms with Crippen LogP contribution in [0.5, 0.6) is 0 Å². The normalized spacial score (nSPS) is 12.5. The Kier molecular flexibility index (Phi) is 5.24. The van der Waals surface area contributed by atoms with Gasteiger partial charge in [-0.2, -0.15) is 0 Å². The second-order valence-corrected chi connectivity index (χ2v) is 6.87. The molecule has 0 aliphatic carbocycles. The average molecular weight is 367 g/mol. The monoisotopic (exact) mass is 367 g/mol. The lowest BCUT2D eigenvalue weighted by Gasteiger charge is -2.13. The van der Waals surface area contributed by atoms with Crippen molar-refractivity contribution in [1.82, 2.24) is 5.16 Å². The number of nitrogens with one attached hydrogen (secondary N) is 1. The molecule has 0 saturated carbocycles. The highest BCUT2D eigenvalue weighted by Crippen LogP contribution is 2.16. The number of aromatic nitrogens is 1. The lowest BCUT2D eigenvalue weighted by molar-refractivity contribution is -0.123. The van der Waals surface area contributed by atoms with E-state index in [1.54, 1.807) is 13.8 Å². The van der Waals surface area contributed by atoms with Crippen LogP contribution in [0.4, 0.5) is 5.69 Å². The van der Waals surface area contributed by atoms with Crippen molar-refractivity contribution in [3.8, 4) is 0 Å². The first-order valence-electron chi connectivity index (χ1n) is 7.17. The number of esters is 1. The largest absolute Gasteiger partial charge is 0.449 e. The molecule has 0 radical (unpaired) electrons. The molecule has 134 valence electrons. The molecule has 2 rings (SSSR count). The van der Waals surface area contributed by atoms with E-state index in [1.165, 1.54) is 31.2 Å². The number of carbonyl (C=O) groups excluding carboxylic acids is 2. The van der Waals surface area contributed by atoms with E-state index in [4.69, 9.17) is 14.4 Å². The number of nitrogens with two attached hydrogens (primary N) is 1. The van der Waals surface area contributed by atoms with Gasteiger partial charge in [-0.1, -0.05) is 5.16 Å². The summed E-state index contributed by atoms with van der Waals surface area (Å²) in [6.07, 6.45) is -1.08. The van der Waals surface area contributed by atoms with Gasteiger partial charge < -0.3 is 14.6 Å². The lowest BCUT2D eigenvalue weighted by atomic mass is 10.2. The van der Waals surface area contributed by atoms with Crippen molar-refractivity contribution in [3.05, 3.63) is 41.3 Å². The first kappa shape index (κ1) is 18.6. The highest BCUT2D eigenvalue weighted by Gasteiger charge is 2.24. The van der Waals surface area contributed by atoms with Crippen molar-refractivity contribution < 1.29 is 27.3 Å². The molecule has 10 heteroatoms. The van der Waals surface area contributed by atoms with Gasteiger partial charge in [0.2, 0.25) is 10.0 Å². The fourth-order valence-corrected chi connectivity index (χ4v) is 2.53. The third-order valence-electron chi connectivity index (χ3n) is 3.34. The molecule has 9 nitrogen and oxygen atoms in total. The standard InChI is InChI=1S/C15H17N3O6S/c1-8-13(9(2)24-18-8)15(20)23-10(3)14(19)17-11-4-6-12(7-5-11)25(16,21)22/h4-7,10H,1-3H3,(H,17,19)(H2,16,21,22)/t10-/m0/s1. The van der Waals surface area contributed by atoms with E-state index in [0.29, 0.717) is 17.1 Å². The van der Waals surface area contributed by atoms with Gasteiger partial charge in [0.25, 0.3) is 5.91 Å². The Labute approximate surface area is 144 Å². The van der Waals surface area contributed by atoms with Gasteiger partial charge in [-0.3, -0.25) is 4.79 Å². The van der Waals surface area contributed by atoms with Crippen LogP contribution in [0.1, 0.15) is 28.7 Å². The summed E-state index contributed by atoms with van der Waals surface area (Å²) in [7, 11) is -3.81. The minimum Gasteiger partial charge on any atom is -0.449 e. The summed E-state index contributed by atoms with van der Waals surface area (Å²) >= 11 is 0. The van der Waals surface area contributed by atoms with Crippen molar-refractivity contribution >= 4 is 27.6 Å². The zero-order valence-corrected chi connectivity index (χ0v) is 14.6. The second-order valence-electron chi connectivity index (χ2n) is 5.31. The summed E-state index contributed by atoms with van der Waals surface area (Å²) in [5, 5.41) is 11.2. The van der Waals surface area contributed by atoms with E-state index in [2.05, 4.69) is 10.5 Å². The smallest absolute Gasteiger partial charge is 0.344 e. The highest BCUT2D eigenvalue weighted by atomic mass is 32.2. The fraction of sp³-hybridized carbons (Fsp3) is 0.267. The van der Waals surface area contributed by atoms with Crippen molar-refractivity contribution in [3.63, 3.8) is 0 Å². The number of sulfonamides is 1. The van der Waals surface area contributed by atoms with E-state index < -0.39 is 28.0 Å². The Balaban J connectivity index is 2.02. The summed E-state index contributed by atoms with van der Waals surface area (Å²) in [5.41, 5.74) is 0.878. The molecule has 0 saturated heterocycles. The second kappa shape index (κ2) is 7.03. The SMILES string of the molecule is Cc1noc(C)c1C(=O)O[C@@H](C)C(=O)Nc1ccc(S(N)(=O)=O)cc1. The van der Waals surface area contributed by atoms with Gasteiger partial charge in [0.1, 0.15) is 11.3 Å². The van der Waals surface area contributed by atoms with Crippen LogP contribution in [0.25, 0.3) is 0 Å². The Hall–Kier alpha value is -2.72. The number of carbonyl (C=O) groups is 2. The molecule has 0 fully saturated rings. The number of aryl methyl sites for hydroxylation is 2. The fourth-order valence-electron chi connectivity index (χ4n) is 2.02. The summed E-state index contributed by atoms with van der Waals surface area (Å²) < 4.78 is 32.4. The predicted octanol–water partition coefficient (Wildman–Crippen LogP) is 1.12. The number of anilines is 1. The predicted molar refractivity (Wildman–Crippen MR) is 87.3 cm³/mol. The van der Waals surface area contributed by atoms with Crippen LogP contribution < -0.4 is 10.5 Å². The Morgan fingerprint density at radius 3 is 2.32 bits per heavy atom. The van der Waals surface area contributed by atoms with E-state index in [9.17, 15) is 18.0 Å². The lowest BCUT2D eigenvalue weighted by Crippen LogP contribution is -2.30. The maximum atomic E-state index is 12.1. The summed E-state index contributed by atoms with van der Waals surface area (Å²) in [5.74, 6) is -0.999. The number of hydrogen-bond acceptors (Lipinski definition) is 7. The zero-order chi connectivity index (χ0) is 18.8. The molecule has 1 heterocycles. The Morgan fingerprint density at radius 2 is 1.84 bits per heavy atom. The Bertz CT molecular complexity index is 882. The molecule has 1 amide bonds. The van der Waals surface area contributed by atoms with Gasteiger partial charge in [-0.25, -0.2) is 18.4 Å². The summed E-state index contributed by atoms with van der Waals surface area (Å²) in [6.45, 7) is 4.56. The number of nitrogens with zero attached hydrogens (tertiary/aromatic N) is 1. The molecule has 2 aromatic rings. The minimum atomic E-state index is -3.81. The van der Waals surface area contributed by atoms with Crippen molar-refractivity contribution in [2.45, 2.75) is 31.8 Å². The van der Waals surface area contributed by atoms with Crippen LogP contribution in [-0.2, 0) is 19.6 Å². The van der Waals surface area contributed by atoms with Crippen LogP contribution >= 0.6 is 0 Å². The molecule has 0 bridgehead atoms. The van der Waals surface area contributed by atoms with Gasteiger partial charge in [0.05, 0.1) is 10.6 Å². The van der Waals surface area contributed by atoms with Crippen molar-refractivity contribution in [1.29, 1.82) is 0 Å². The average Bonchev–Trinajstić information content (AvgIpc) is 2.85. The summed E-state index contributed by atoms with van der Waals surface area (Å²) in [6, 6.07) is 5.26. The van der Waals surface area contributed by atoms with Gasteiger partial charge in [0.15, 0.2) is 6.10 Å². The highest BCUT2D eigenvalue weighted by molar-refractivity contribution is 7.89. The van der Waals surface area contributed by atoms with E-state index in [1.807, 2.05) is 0 Å². The van der Waals surface area contributed by atoms with Crippen molar-refractivity contribution in [2.75, 3.05) is 5.32 Å². The van der Waals surface area contributed by atoms with Crippen LogP contribution in [0.2, 0.25) is 0 Å². The number of ether oxygens (including phenoxy) is 1. The Morgan fingerprint density at radius 1 is 1.24 bits per heavy atom. The van der Waals surface area contributed by atoms with Crippen LogP contribution in [0.15, 0.2) is 33.7 Å². The third-order valence-corrected chi connectivity index (χ3v) is 4.27. The van der Waals surface area contributed by atoms with E-state index in [0.717, 1.165) is 0 Å². The van der Waals surface area contributed by atoms with Crippen LogP contribution in [0, 0.1) is 13.8 Å². The van der Waals surface area contributed by atoms with Crippen molar-refractivity contribution in [2.24, 2.45) is 5.14 Å². The zero-order valence-electron chi connectivity index (χ0n) is 13.8. The molecular formula is C15H17N3O6S. The minimum absolute atomic E-state index is 0.0802. The molecule has 0 aliphatic heterocycles. The van der Waals surface area contributed by atoms with E-state index in [-0.39, 0.29) is 10.5 Å². The molecular weight excluding hydrogens is 350 g/mol. The van der Waals surface area contributed by atoms with Gasteiger partial charge in [-0.15, -0.1) is 0 Å². The van der Waals surface area contributed by atoms with Gasteiger partial charge in [-0.05, 0) is 45.0 Å². The first-order valence-corrected chi connectivity index (χ1v) is 8.72. The molecule has 1 atom stereocenters. The first-order chi connectivity index (χ1) is 11.6. The topological polar surface area (TPSA) is 142 Å². The number of amides is 1.